The molecule has 5 rings (SSSR count). The molecule has 44 heavy (non-hydrogen) atoms. The molecule has 0 fully saturated rings. The van der Waals surface area contributed by atoms with Gasteiger partial charge in [-0.05, 0) is 57.8 Å². The Bertz CT molecular complexity index is 1860. The third-order valence-electron chi connectivity index (χ3n) is 7.08. The first-order valence-electron chi connectivity index (χ1n) is 14.2. The van der Waals surface area contributed by atoms with Crippen LogP contribution in [0, 0.1) is 0 Å². The van der Waals surface area contributed by atoms with Crippen molar-refractivity contribution in [2.24, 2.45) is 0 Å². The van der Waals surface area contributed by atoms with Gasteiger partial charge in [0.1, 0.15) is 17.2 Å². The highest BCUT2D eigenvalue weighted by molar-refractivity contribution is 7.15. The minimum atomic E-state index is -0.449. The number of benzene rings is 2. The normalized spacial score (nSPS) is 11.3. The predicted octanol–water partition coefficient (Wildman–Crippen LogP) is 5.63. The lowest BCUT2D eigenvalue weighted by Crippen LogP contribution is -2.32. The molecule has 228 valence electrons. The highest BCUT2D eigenvalue weighted by Crippen LogP contribution is 2.34. The molecule has 0 aliphatic carbocycles. The van der Waals surface area contributed by atoms with Gasteiger partial charge in [0.2, 0.25) is 5.95 Å². The molecule has 0 spiro atoms. The highest BCUT2D eigenvalue weighted by atomic mass is 35.5. The lowest BCUT2D eigenvalue weighted by Gasteiger charge is -2.20. The number of hydrogen-bond donors (Lipinski definition) is 0. The van der Waals surface area contributed by atoms with Crippen molar-refractivity contribution in [2.75, 3.05) is 32.6 Å². The number of para-hydroxylation sites is 1. The molecule has 0 aliphatic heterocycles. The maximum absolute atomic E-state index is 14.2. The second-order valence-electron chi connectivity index (χ2n) is 10.4. The zero-order valence-electron chi connectivity index (χ0n) is 25.2. The molecule has 0 atom stereocenters. The zero-order chi connectivity index (χ0) is 31.5. The van der Waals surface area contributed by atoms with E-state index in [0.717, 1.165) is 15.8 Å². The van der Waals surface area contributed by atoms with Crippen LogP contribution in [-0.2, 0) is 29.0 Å². The smallest absolute Gasteiger partial charge is 0.325 e. The van der Waals surface area contributed by atoms with Gasteiger partial charge >= 0.3 is 5.97 Å². The fraction of sp³-hybridized carbons (Fsp3) is 0.281. The average molecular weight is 633 g/mol. The number of carbonyl (C=O) groups is 3. The lowest BCUT2D eigenvalue weighted by atomic mass is 10.0. The van der Waals surface area contributed by atoms with Crippen molar-refractivity contribution < 1.29 is 19.1 Å². The molecule has 0 unspecified atom stereocenters. The van der Waals surface area contributed by atoms with Crippen molar-refractivity contribution in [1.29, 1.82) is 0 Å². The molecule has 0 N–H and O–H groups in total. The van der Waals surface area contributed by atoms with Crippen LogP contribution in [0.4, 0.5) is 5.95 Å². The number of halogens is 1. The fourth-order valence-electron chi connectivity index (χ4n) is 5.00. The van der Waals surface area contributed by atoms with Crippen LogP contribution in [0.2, 0.25) is 5.02 Å². The summed E-state index contributed by atoms with van der Waals surface area (Å²) in [6.07, 6.45) is 0.705. The summed E-state index contributed by atoms with van der Waals surface area (Å²) in [5, 5.41) is 10.7. The van der Waals surface area contributed by atoms with Crippen molar-refractivity contribution in [2.45, 2.75) is 33.4 Å². The Morgan fingerprint density at radius 2 is 1.68 bits per heavy atom. The number of aromatic nitrogens is 4. The molecule has 5 aromatic rings. The van der Waals surface area contributed by atoms with Crippen LogP contribution in [0.15, 0.2) is 60.7 Å². The molecule has 1 amide bonds. The number of esters is 1. The second-order valence-corrected chi connectivity index (χ2v) is 11.9. The third kappa shape index (κ3) is 6.03. The van der Waals surface area contributed by atoms with Crippen molar-refractivity contribution in [3.05, 3.63) is 93.2 Å². The Labute approximate surface area is 264 Å². The molecule has 3 aromatic heterocycles. The van der Waals surface area contributed by atoms with Gasteiger partial charge in [0.15, 0.2) is 11.6 Å². The third-order valence-corrected chi connectivity index (χ3v) is 8.67. The first-order chi connectivity index (χ1) is 21.1. The Balaban J connectivity index is 1.65. The first kappa shape index (κ1) is 31.1. The van der Waals surface area contributed by atoms with Gasteiger partial charge in [0.25, 0.3) is 5.91 Å². The van der Waals surface area contributed by atoms with E-state index in [0.29, 0.717) is 45.6 Å². The van der Waals surface area contributed by atoms with E-state index in [9.17, 15) is 14.4 Å². The van der Waals surface area contributed by atoms with Gasteiger partial charge in [-0.1, -0.05) is 48.9 Å². The molecular formula is C32H33ClN6O4S. The number of nitrogens with zero attached hydrogens (tertiary/aromatic N) is 6. The Hall–Kier alpha value is -4.32. The van der Waals surface area contributed by atoms with E-state index in [2.05, 4.69) is 10.2 Å². The quantitative estimate of drug-likeness (QED) is 0.137. The summed E-state index contributed by atoms with van der Waals surface area (Å²) < 4.78 is 8.62. The number of ketones is 1. The van der Waals surface area contributed by atoms with Crippen LogP contribution in [0.5, 0.6) is 0 Å². The van der Waals surface area contributed by atoms with E-state index in [1.165, 1.54) is 16.2 Å². The molecule has 2 aromatic carbocycles. The summed E-state index contributed by atoms with van der Waals surface area (Å²) in [7, 11) is 5.42. The maximum atomic E-state index is 14.2. The molecule has 0 aliphatic rings. The largest absolute Gasteiger partial charge is 0.465 e. The molecule has 3 heterocycles. The SMILES string of the molecule is CCOC(=O)Cn1c(C(=O)N(C)c2nnc(CN(C)C)n2-c2sc(CC)cc2C(=O)c2ccccc2Cl)cc2ccccc21. The number of fused-ring (bicyclic) bond motifs is 1. The number of anilines is 1. The first-order valence-corrected chi connectivity index (χ1v) is 15.4. The summed E-state index contributed by atoms with van der Waals surface area (Å²) >= 11 is 7.88. The summed E-state index contributed by atoms with van der Waals surface area (Å²) in [5.41, 5.74) is 1.84. The summed E-state index contributed by atoms with van der Waals surface area (Å²) in [4.78, 5) is 45.0. The van der Waals surface area contributed by atoms with Crippen LogP contribution >= 0.6 is 22.9 Å². The summed E-state index contributed by atoms with van der Waals surface area (Å²) in [6, 6.07) is 18.0. The molecule has 0 bridgehead atoms. The second kappa shape index (κ2) is 13.1. The summed E-state index contributed by atoms with van der Waals surface area (Å²) in [5.74, 6) is -0.301. The van der Waals surface area contributed by atoms with Crippen LogP contribution < -0.4 is 4.90 Å². The standard InChI is InChI=1S/C32H33ClN6O4S/c1-6-21-17-23(29(41)22-13-9-10-14-24(22)33)31(44-21)39-27(18-36(3)4)34-35-32(39)37(5)30(42)26-16-20-12-8-11-15-25(20)38(26)19-28(40)43-7-2/h8-17H,6-7,18-19H2,1-5H3. The van der Waals surface area contributed by atoms with E-state index < -0.39 is 11.9 Å². The Morgan fingerprint density at radius 1 is 0.955 bits per heavy atom. The van der Waals surface area contributed by atoms with Crippen LogP contribution in [-0.4, -0.2) is 69.6 Å². The number of carbonyl (C=O) groups excluding carboxylic acids is 3. The molecule has 0 saturated heterocycles. The number of hydrogen-bond acceptors (Lipinski definition) is 8. The van der Waals surface area contributed by atoms with E-state index >= 15 is 0 Å². The van der Waals surface area contributed by atoms with Gasteiger partial charge < -0.3 is 14.2 Å². The fourth-order valence-corrected chi connectivity index (χ4v) is 6.33. The van der Waals surface area contributed by atoms with Crippen LogP contribution in [0.25, 0.3) is 15.9 Å². The lowest BCUT2D eigenvalue weighted by molar-refractivity contribution is -0.143. The molecule has 10 nitrogen and oxygen atoms in total. The van der Waals surface area contributed by atoms with E-state index in [-0.39, 0.29) is 24.9 Å². The minimum absolute atomic E-state index is 0.129. The van der Waals surface area contributed by atoms with Crippen molar-refractivity contribution in [3.8, 4) is 5.00 Å². The van der Waals surface area contributed by atoms with Gasteiger partial charge in [-0.25, -0.2) is 0 Å². The highest BCUT2D eigenvalue weighted by Gasteiger charge is 2.30. The van der Waals surface area contributed by atoms with Gasteiger partial charge in [0, 0.05) is 28.4 Å². The number of rotatable bonds is 11. The minimum Gasteiger partial charge on any atom is -0.465 e. The Morgan fingerprint density at radius 3 is 2.39 bits per heavy atom. The maximum Gasteiger partial charge on any atom is 0.325 e. The van der Waals surface area contributed by atoms with Gasteiger partial charge in [-0.2, -0.15) is 0 Å². The average Bonchev–Trinajstić information content (AvgIpc) is 3.71. The molecule has 0 saturated carbocycles. The van der Waals surface area contributed by atoms with Crippen molar-refractivity contribution in [3.63, 3.8) is 0 Å². The van der Waals surface area contributed by atoms with Crippen LogP contribution in [0.3, 0.4) is 0 Å². The molecule has 12 heteroatoms. The monoisotopic (exact) mass is 632 g/mol. The predicted molar refractivity (Wildman–Crippen MR) is 172 cm³/mol. The van der Waals surface area contributed by atoms with E-state index in [1.54, 1.807) is 53.4 Å². The summed E-state index contributed by atoms with van der Waals surface area (Å²) in [6.45, 7) is 4.26. The van der Waals surface area contributed by atoms with Crippen molar-refractivity contribution >= 4 is 57.4 Å². The number of ether oxygens (including phenoxy) is 1. The van der Waals surface area contributed by atoms with Gasteiger partial charge in [0.05, 0.1) is 23.7 Å². The van der Waals surface area contributed by atoms with E-state index in [1.807, 2.05) is 56.3 Å². The number of aryl methyl sites for hydroxylation is 1. The van der Waals surface area contributed by atoms with Crippen molar-refractivity contribution in [1.82, 2.24) is 24.2 Å². The van der Waals surface area contributed by atoms with Crippen LogP contribution in [0.1, 0.15) is 51.0 Å². The Kier molecular flexibility index (Phi) is 9.28. The van der Waals surface area contributed by atoms with Gasteiger partial charge in [-0.15, -0.1) is 21.5 Å². The van der Waals surface area contributed by atoms with E-state index in [4.69, 9.17) is 16.3 Å². The zero-order valence-corrected chi connectivity index (χ0v) is 26.8. The van der Waals surface area contributed by atoms with Gasteiger partial charge in [-0.3, -0.25) is 23.9 Å². The topological polar surface area (TPSA) is 103 Å². The number of thiophene rings is 1. The number of amides is 1. The molecule has 0 radical (unpaired) electrons. The molecular weight excluding hydrogens is 600 g/mol.